The third kappa shape index (κ3) is 8.18. The maximum absolute atomic E-state index is 6.27. The minimum atomic E-state index is -1.86. The van der Waals surface area contributed by atoms with E-state index in [1.165, 1.54) is 27.8 Å². The van der Waals surface area contributed by atoms with Gasteiger partial charge in [0.25, 0.3) is 0 Å². The molecule has 287 valence electrons. The number of nitrogens with zero attached hydrogens (tertiary/aromatic N) is 4. The van der Waals surface area contributed by atoms with Crippen LogP contribution in [0.1, 0.15) is 30.5 Å². The number of aromatic nitrogens is 4. The van der Waals surface area contributed by atoms with E-state index in [2.05, 4.69) is 140 Å². The second-order valence-corrected chi connectivity index (χ2v) is 26.6. The number of para-hydroxylation sites is 2. The first-order chi connectivity index (χ1) is 27.1. The minimum Gasteiger partial charge on any atom is -0.486 e. The van der Waals surface area contributed by atoms with Crippen molar-refractivity contribution >= 4 is 50.8 Å². The summed E-state index contributed by atoms with van der Waals surface area (Å²) >= 11 is -1.86. The fourth-order valence-electron chi connectivity index (χ4n) is 7.75. The average molecular weight is 984 g/mol. The van der Waals surface area contributed by atoms with Crippen LogP contribution in [0, 0.1) is 31.9 Å². The van der Waals surface area contributed by atoms with Crippen LogP contribution in [0.2, 0.25) is 17.3 Å². The number of benzene rings is 5. The fraction of sp³-hybridized carbons (Fsp3) is 0.180. The number of pyridine rings is 2. The summed E-state index contributed by atoms with van der Waals surface area (Å²) in [6.45, 7) is 8.91. The first kappa shape index (κ1) is 40.1. The third-order valence-electron chi connectivity index (χ3n) is 10.2. The Kier molecular flexibility index (Phi) is 11.8. The maximum atomic E-state index is 6.27. The van der Waals surface area contributed by atoms with E-state index in [1.807, 2.05) is 54.6 Å². The molecule has 0 bridgehead atoms. The van der Waals surface area contributed by atoms with Crippen molar-refractivity contribution in [2.45, 2.75) is 51.4 Å². The minimum absolute atomic E-state index is 0. The Bertz CT molecular complexity index is 2800. The Balaban J connectivity index is 0.000000202. The van der Waals surface area contributed by atoms with Crippen molar-refractivity contribution < 1.29 is 24.5 Å². The van der Waals surface area contributed by atoms with Gasteiger partial charge in [0.2, 0.25) is 5.71 Å². The third-order valence-corrected chi connectivity index (χ3v) is 14.6. The van der Waals surface area contributed by atoms with Crippen molar-refractivity contribution in [2.75, 3.05) is 0 Å². The molecular formula is C50H46GeIrN4O-2. The molecule has 9 rings (SSSR count). The van der Waals surface area contributed by atoms with Gasteiger partial charge < -0.3 is 8.98 Å². The number of hydrogen-bond acceptors (Lipinski definition) is 4. The monoisotopic (exact) mass is 985 g/mol. The first-order valence-corrected chi connectivity index (χ1v) is 26.7. The van der Waals surface area contributed by atoms with Crippen molar-refractivity contribution in [3.8, 4) is 39.5 Å². The largest absolute Gasteiger partial charge is 0.486 e. The predicted octanol–water partition coefficient (Wildman–Crippen LogP) is 12.4. The van der Waals surface area contributed by atoms with Crippen molar-refractivity contribution in [1.82, 2.24) is 19.5 Å². The van der Waals surface area contributed by atoms with Crippen molar-refractivity contribution in [2.24, 2.45) is 5.92 Å². The number of rotatable bonds is 7. The standard InChI is InChI=1S/C32H22N3O.C18H24GeN.Ir/c1-20-18-23(22-10-4-3-5-11-22)19-21(2)29(20)35-28-16-7-6-15-27(28)34-31(35)26-13-8-12-24-25-14-9-17-33-32(25)36-30(24)26;1-14(2)11-16-12-18(15-9-7-6-8-10-15)20-13-17(16)19(3,4)5;/h3-12,14-19H,1-2H3;6-9,12-14H,11H2,1-5H3;/q2*-1;. The van der Waals surface area contributed by atoms with Crippen molar-refractivity contribution in [3.63, 3.8) is 0 Å². The van der Waals surface area contributed by atoms with Crippen LogP contribution in [0.3, 0.4) is 0 Å². The van der Waals surface area contributed by atoms with E-state index in [9.17, 15) is 0 Å². The summed E-state index contributed by atoms with van der Waals surface area (Å²) in [5, 5.41) is 2.00. The van der Waals surface area contributed by atoms with Gasteiger partial charge >= 0.3 is 126 Å². The zero-order valence-corrected chi connectivity index (χ0v) is 38.0. The van der Waals surface area contributed by atoms with E-state index >= 15 is 0 Å². The Labute approximate surface area is 352 Å². The van der Waals surface area contributed by atoms with Crippen LogP contribution >= 0.6 is 0 Å². The number of aryl methyl sites for hydroxylation is 2. The molecule has 0 N–H and O–H groups in total. The van der Waals surface area contributed by atoms with Crippen LogP contribution in [-0.4, -0.2) is 32.8 Å². The van der Waals surface area contributed by atoms with Crippen molar-refractivity contribution in [1.29, 1.82) is 0 Å². The zero-order chi connectivity index (χ0) is 39.0. The summed E-state index contributed by atoms with van der Waals surface area (Å²) in [6.07, 6.45) is 5.03. The zero-order valence-electron chi connectivity index (χ0n) is 33.5. The van der Waals surface area contributed by atoms with Crippen molar-refractivity contribution in [3.05, 3.63) is 163 Å². The summed E-state index contributed by atoms with van der Waals surface area (Å²) < 4.78 is 10.1. The van der Waals surface area contributed by atoms with E-state index in [0.717, 1.165) is 62.1 Å². The summed E-state index contributed by atoms with van der Waals surface area (Å²) in [5.41, 5.74) is 13.7. The normalized spacial score (nSPS) is 11.5. The van der Waals surface area contributed by atoms with E-state index in [-0.39, 0.29) is 20.1 Å². The number of furan rings is 1. The van der Waals surface area contributed by atoms with Gasteiger partial charge in [-0.15, -0.1) is 18.2 Å². The van der Waals surface area contributed by atoms with Gasteiger partial charge in [-0.25, -0.2) is 4.98 Å². The molecule has 0 aliphatic carbocycles. The molecule has 0 saturated carbocycles. The van der Waals surface area contributed by atoms with Crippen LogP contribution in [0.15, 0.2) is 138 Å². The molecular weight excluding hydrogens is 937 g/mol. The summed E-state index contributed by atoms with van der Waals surface area (Å²) in [4.78, 5) is 14.2. The molecule has 4 aromatic heterocycles. The number of imidazole rings is 1. The van der Waals surface area contributed by atoms with Gasteiger partial charge in [-0.2, -0.15) is 0 Å². The molecule has 0 atom stereocenters. The Morgan fingerprint density at radius 2 is 1.47 bits per heavy atom. The molecule has 5 nitrogen and oxygen atoms in total. The van der Waals surface area contributed by atoms with E-state index in [0.29, 0.717) is 11.6 Å². The smallest absolute Gasteiger partial charge is 0.216 e. The second-order valence-electron chi connectivity index (χ2n) is 16.0. The van der Waals surface area contributed by atoms with Crippen LogP contribution in [0.4, 0.5) is 0 Å². The number of hydrogen-bond donors (Lipinski definition) is 0. The molecule has 0 amide bonds. The molecule has 0 saturated heterocycles. The van der Waals surface area contributed by atoms with Crippen LogP contribution in [0.5, 0.6) is 0 Å². The molecule has 7 heteroatoms. The fourth-order valence-corrected chi connectivity index (χ4v) is 11.1. The van der Waals surface area contributed by atoms with E-state index < -0.39 is 13.3 Å². The molecule has 9 aromatic rings. The SMILES string of the molecule is CC(C)Cc1cc(-c2[c-]cccc2)nc[c]1[Ge]([CH3])([CH3])[CH3].Cc1cc(-c2ccccc2)cc(C)c1-n1c(-c2[c-]ccc3c2oc2ncccc23)nc2ccccc21.[Ir]. The second kappa shape index (κ2) is 16.8. The molecule has 1 radical (unpaired) electrons. The molecule has 0 fully saturated rings. The molecule has 0 aliphatic heterocycles. The van der Waals surface area contributed by atoms with Crippen LogP contribution in [-0.2, 0) is 26.5 Å². The molecule has 57 heavy (non-hydrogen) atoms. The maximum Gasteiger partial charge on any atom is 0.216 e. The molecule has 5 aromatic carbocycles. The average Bonchev–Trinajstić information content (AvgIpc) is 3.77. The molecule has 0 spiro atoms. The Morgan fingerprint density at radius 3 is 2.19 bits per heavy atom. The molecule has 4 heterocycles. The first-order valence-electron chi connectivity index (χ1n) is 19.4. The van der Waals surface area contributed by atoms with E-state index in [1.54, 1.807) is 10.6 Å². The van der Waals surface area contributed by atoms with Gasteiger partial charge in [0.1, 0.15) is 0 Å². The number of fused-ring (bicyclic) bond motifs is 4. The van der Waals surface area contributed by atoms with Gasteiger partial charge in [0, 0.05) is 37.4 Å². The van der Waals surface area contributed by atoms with Crippen LogP contribution in [0.25, 0.3) is 72.6 Å². The van der Waals surface area contributed by atoms with Crippen LogP contribution < -0.4 is 4.40 Å². The van der Waals surface area contributed by atoms with Gasteiger partial charge in [0.15, 0.2) is 0 Å². The van der Waals surface area contributed by atoms with Gasteiger partial charge in [0.05, 0.1) is 22.4 Å². The Morgan fingerprint density at radius 1 is 0.737 bits per heavy atom. The topological polar surface area (TPSA) is 56.7 Å². The van der Waals surface area contributed by atoms with E-state index in [4.69, 9.17) is 14.4 Å². The summed E-state index contributed by atoms with van der Waals surface area (Å²) in [7, 11) is 0. The Hall–Kier alpha value is -5.14. The predicted molar refractivity (Wildman–Crippen MR) is 235 cm³/mol. The van der Waals surface area contributed by atoms with Gasteiger partial charge in [-0.3, -0.25) is 4.98 Å². The molecule has 0 unspecified atom stereocenters. The quantitative estimate of drug-likeness (QED) is 0.118. The molecule has 0 aliphatic rings. The summed E-state index contributed by atoms with van der Waals surface area (Å²) in [6, 6.07) is 48.3. The van der Waals surface area contributed by atoms with Gasteiger partial charge in [-0.05, 0) is 72.5 Å². The summed E-state index contributed by atoms with van der Waals surface area (Å²) in [5.74, 6) is 8.80. The van der Waals surface area contributed by atoms with Gasteiger partial charge in [-0.1, -0.05) is 53.4 Å².